The highest BCUT2D eigenvalue weighted by Gasteiger charge is 2.11. The first-order chi connectivity index (χ1) is 7.79. The lowest BCUT2D eigenvalue weighted by molar-refractivity contribution is 0.572. The van der Waals surface area contributed by atoms with Crippen LogP contribution in [0.4, 0.5) is 4.39 Å². The summed E-state index contributed by atoms with van der Waals surface area (Å²) in [6, 6.07) is 3.91. The van der Waals surface area contributed by atoms with E-state index in [0.717, 1.165) is 0 Å². The summed E-state index contributed by atoms with van der Waals surface area (Å²) in [5.74, 6) is -0.564. The Morgan fingerprint density at radius 2 is 2.18 bits per heavy atom. The molecule has 0 aliphatic rings. The summed E-state index contributed by atoms with van der Waals surface area (Å²) in [6.07, 6.45) is 0. The lowest BCUT2D eigenvalue weighted by Gasteiger charge is -2.15. The predicted octanol–water partition coefficient (Wildman–Crippen LogP) is 1.42. The second-order valence-electron chi connectivity index (χ2n) is 3.71. The fraction of sp³-hybridized carbons (Fsp3) is 0.400. The number of sulfonamides is 1. The van der Waals surface area contributed by atoms with Crippen LogP contribution in [0.1, 0.15) is 18.5 Å². The maximum Gasteiger partial charge on any atom is 0.210 e. The quantitative estimate of drug-likeness (QED) is 0.857. The summed E-state index contributed by atoms with van der Waals surface area (Å²) in [4.78, 5) is 0. The SMILES string of the molecule is CC(NCCS(N)(=O)=O)c1ccc(F)cc1Cl. The highest BCUT2D eigenvalue weighted by molar-refractivity contribution is 7.89. The number of halogens is 2. The molecule has 1 rings (SSSR count). The van der Waals surface area contributed by atoms with E-state index in [4.69, 9.17) is 16.7 Å². The second kappa shape index (κ2) is 5.77. The molecule has 1 aromatic rings. The van der Waals surface area contributed by atoms with Crippen molar-refractivity contribution in [3.63, 3.8) is 0 Å². The largest absolute Gasteiger partial charge is 0.309 e. The summed E-state index contributed by atoms with van der Waals surface area (Å²) in [7, 11) is -3.47. The Kier molecular flexibility index (Phi) is 4.88. The van der Waals surface area contributed by atoms with Gasteiger partial charge in [-0.15, -0.1) is 0 Å². The smallest absolute Gasteiger partial charge is 0.210 e. The third-order valence-corrected chi connectivity index (χ3v) is 3.37. The van der Waals surface area contributed by atoms with Crippen LogP contribution in [0.2, 0.25) is 5.02 Å². The molecule has 4 nitrogen and oxygen atoms in total. The number of benzene rings is 1. The number of rotatable bonds is 5. The average Bonchev–Trinajstić information content (AvgIpc) is 2.15. The lowest BCUT2D eigenvalue weighted by Crippen LogP contribution is -2.29. The predicted molar refractivity (Wildman–Crippen MR) is 65.8 cm³/mol. The van der Waals surface area contributed by atoms with Crippen LogP contribution < -0.4 is 10.5 Å². The van der Waals surface area contributed by atoms with Crippen LogP contribution in [0.3, 0.4) is 0 Å². The Balaban J connectivity index is 2.61. The molecule has 1 aromatic carbocycles. The van der Waals surface area contributed by atoms with Crippen LogP contribution in [0, 0.1) is 5.82 Å². The Labute approximate surface area is 105 Å². The van der Waals surface area contributed by atoms with Gasteiger partial charge in [-0.25, -0.2) is 17.9 Å². The van der Waals surface area contributed by atoms with Gasteiger partial charge in [-0.1, -0.05) is 17.7 Å². The van der Waals surface area contributed by atoms with Gasteiger partial charge in [0.05, 0.1) is 5.75 Å². The first kappa shape index (κ1) is 14.4. The number of nitrogens with two attached hydrogens (primary N) is 1. The van der Waals surface area contributed by atoms with E-state index in [2.05, 4.69) is 5.32 Å². The summed E-state index contributed by atoms with van der Waals surface area (Å²) < 4.78 is 34.3. The molecule has 0 aromatic heterocycles. The van der Waals surface area contributed by atoms with Crippen molar-refractivity contribution in [2.75, 3.05) is 12.3 Å². The standard InChI is InChI=1S/C10H14ClFN2O2S/c1-7(14-4-5-17(13,15)16)9-3-2-8(12)6-10(9)11/h2-3,6-7,14H,4-5H2,1H3,(H2,13,15,16). The topological polar surface area (TPSA) is 72.2 Å². The molecule has 3 N–H and O–H groups in total. The van der Waals surface area contributed by atoms with Crippen molar-refractivity contribution in [3.05, 3.63) is 34.6 Å². The van der Waals surface area contributed by atoms with Gasteiger partial charge in [0, 0.05) is 17.6 Å². The highest BCUT2D eigenvalue weighted by Crippen LogP contribution is 2.23. The van der Waals surface area contributed by atoms with Gasteiger partial charge in [-0.05, 0) is 24.6 Å². The van der Waals surface area contributed by atoms with Crippen molar-refractivity contribution in [1.29, 1.82) is 0 Å². The van der Waals surface area contributed by atoms with E-state index >= 15 is 0 Å². The van der Waals surface area contributed by atoms with Crippen molar-refractivity contribution < 1.29 is 12.8 Å². The minimum absolute atomic E-state index is 0.157. The molecule has 7 heteroatoms. The highest BCUT2D eigenvalue weighted by atomic mass is 35.5. The minimum Gasteiger partial charge on any atom is -0.309 e. The van der Waals surface area contributed by atoms with Crippen molar-refractivity contribution in [1.82, 2.24) is 5.32 Å². The molecule has 0 radical (unpaired) electrons. The van der Waals surface area contributed by atoms with Crippen molar-refractivity contribution >= 4 is 21.6 Å². The Morgan fingerprint density at radius 1 is 1.53 bits per heavy atom. The summed E-state index contributed by atoms with van der Waals surface area (Å²) >= 11 is 5.87. The van der Waals surface area contributed by atoms with E-state index < -0.39 is 15.8 Å². The van der Waals surface area contributed by atoms with Crippen molar-refractivity contribution in [2.24, 2.45) is 5.14 Å². The monoisotopic (exact) mass is 280 g/mol. The van der Waals surface area contributed by atoms with Gasteiger partial charge in [0.15, 0.2) is 0 Å². The Hall–Kier alpha value is -0.690. The van der Waals surface area contributed by atoms with Gasteiger partial charge < -0.3 is 5.32 Å². The number of primary sulfonamides is 1. The zero-order valence-electron chi connectivity index (χ0n) is 9.28. The number of nitrogens with one attached hydrogen (secondary N) is 1. The number of hydrogen-bond acceptors (Lipinski definition) is 3. The van der Waals surface area contributed by atoms with Crippen LogP contribution in [-0.4, -0.2) is 20.7 Å². The molecule has 1 unspecified atom stereocenters. The Morgan fingerprint density at radius 3 is 2.71 bits per heavy atom. The molecule has 0 amide bonds. The fourth-order valence-electron chi connectivity index (χ4n) is 1.38. The summed E-state index contributed by atoms with van der Waals surface area (Å²) in [5, 5.41) is 8.12. The van der Waals surface area contributed by atoms with E-state index in [0.29, 0.717) is 10.6 Å². The van der Waals surface area contributed by atoms with E-state index in [9.17, 15) is 12.8 Å². The molecule has 0 heterocycles. The van der Waals surface area contributed by atoms with E-state index in [1.54, 1.807) is 6.07 Å². The summed E-state index contributed by atoms with van der Waals surface area (Å²) in [6.45, 7) is 2.02. The minimum atomic E-state index is -3.47. The van der Waals surface area contributed by atoms with Crippen molar-refractivity contribution in [2.45, 2.75) is 13.0 Å². The molecule has 0 bridgehead atoms. The first-order valence-electron chi connectivity index (χ1n) is 4.98. The lowest BCUT2D eigenvalue weighted by atomic mass is 10.1. The molecular formula is C10H14ClFN2O2S. The van der Waals surface area contributed by atoms with E-state index in [1.165, 1.54) is 12.1 Å². The molecule has 0 spiro atoms. The molecule has 0 saturated carbocycles. The third kappa shape index (κ3) is 4.99. The summed E-state index contributed by atoms with van der Waals surface area (Å²) in [5.41, 5.74) is 0.711. The van der Waals surface area contributed by atoms with Gasteiger partial charge >= 0.3 is 0 Å². The van der Waals surface area contributed by atoms with E-state index in [1.807, 2.05) is 6.92 Å². The second-order valence-corrected chi connectivity index (χ2v) is 5.85. The normalized spacial score (nSPS) is 13.6. The molecule has 0 saturated heterocycles. The maximum atomic E-state index is 12.8. The van der Waals surface area contributed by atoms with E-state index in [-0.39, 0.29) is 18.3 Å². The fourth-order valence-corrected chi connectivity index (χ4v) is 2.11. The molecular weight excluding hydrogens is 267 g/mol. The van der Waals surface area contributed by atoms with Gasteiger partial charge in [0.1, 0.15) is 5.82 Å². The zero-order valence-corrected chi connectivity index (χ0v) is 10.9. The zero-order chi connectivity index (χ0) is 13.1. The third-order valence-electron chi connectivity index (χ3n) is 2.27. The molecule has 1 atom stereocenters. The van der Waals surface area contributed by atoms with Crippen LogP contribution in [0.15, 0.2) is 18.2 Å². The van der Waals surface area contributed by atoms with Gasteiger partial charge in [0.2, 0.25) is 10.0 Å². The van der Waals surface area contributed by atoms with Crippen LogP contribution in [-0.2, 0) is 10.0 Å². The van der Waals surface area contributed by atoms with Gasteiger partial charge in [-0.3, -0.25) is 0 Å². The molecule has 17 heavy (non-hydrogen) atoms. The van der Waals surface area contributed by atoms with Gasteiger partial charge in [-0.2, -0.15) is 0 Å². The Bertz CT molecular complexity index is 493. The molecule has 0 fully saturated rings. The molecule has 96 valence electrons. The van der Waals surface area contributed by atoms with Crippen LogP contribution in [0.25, 0.3) is 0 Å². The first-order valence-corrected chi connectivity index (χ1v) is 7.08. The average molecular weight is 281 g/mol. The van der Waals surface area contributed by atoms with Gasteiger partial charge in [0.25, 0.3) is 0 Å². The molecule has 0 aliphatic heterocycles. The van der Waals surface area contributed by atoms with Crippen LogP contribution >= 0.6 is 11.6 Å². The van der Waals surface area contributed by atoms with Crippen molar-refractivity contribution in [3.8, 4) is 0 Å². The maximum absolute atomic E-state index is 12.8. The number of hydrogen-bond donors (Lipinski definition) is 2. The van der Waals surface area contributed by atoms with Crippen LogP contribution in [0.5, 0.6) is 0 Å². The molecule has 0 aliphatic carbocycles.